The number of methoxy groups -OCH3 is 2. The van der Waals surface area contributed by atoms with Gasteiger partial charge in [-0.15, -0.1) is 0 Å². The molecular formula is C55H70N8O9. The number of pyridine rings is 2. The van der Waals surface area contributed by atoms with Gasteiger partial charge in [0.1, 0.15) is 0 Å². The first-order valence-corrected chi connectivity index (χ1v) is 24.7. The molecule has 0 aliphatic carbocycles. The van der Waals surface area contributed by atoms with Gasteiger partial charge in [0.2, 0.25) is 0 Å². The van der Waals surface area contributed by atoms with Crippen molar-refractivity contribution in [1.82, 2.24) is 20.2 Å². The molecular weight excluding hydrogens is 917 g/mol. The largest absolute Gasteiger partial charge is 0.493 e. The highest BCUT2D eigenvalue weighted by molar-refractivity contribution is 6.09. The van der Waals surface area contributed by atoms with Crippen LogP contribution in [0.2, 0.25) is 0 Å². The zero-order valence-electron chi connectivity index (χ0n) is 42.4. The minimum atomic E-state index is -0.602. The number of ether oxygens (including phenoxy) is 5. The number of nitrogens with one attached hydrogen (secondary N) is 3. The lowest BCUT2D eigenvalue weighted by Crippen LogP contribution is -2.51. The number of morpholine rings is 1. The van der Waals surface area contributed by atoms with Crippen LogP contribution in [0.1, 0.15) is 95.3 Å². The molecule has 0 unspecified atom stereocenters. The van der Waals surface area contributed by atoms with E-state index >= 15 is 0 Å². The summed E-state index contributed by atoms with van der Waals surface area (Å²) in [5, 5.41) is 30.8. The first kappa shape index (κ1) is 53.0. The molecule has 72 heavy (non-hydrogen) atoms. The number of amides is 2. The molecule has 2 atom stereocenters. The second kappa shape index (κ2) is 24.6. The quantitative estimate of drug-likeness (QED) is 0.0359. The van der Waals surface area contributed by atoms with Crippen molar-refractivity contribution >= 4 is 56.4 Å². The third-order valence-corrected chi connectivity index (χ3v) is 13.4. The maximum Gasteiger partial charge on any atom is 0.252 e. The van der Waals surface area contributed by atoms with Crippen LogP contribution >= 0.6 is 0 Å². The number of hydrogen-bond acceptors (Lipinski definition) is 15. The van der Waals surface area contributed by atoms with Gasteiger partial charge in [-0.05, 0) is 119 Å². The molecule has 2 aliphatic heterocycles. The smallest absolute Gasteiger partial charge is 0.252 e. The molecule has 9 N–H and O–H groups in total. The molecule has 0 spiro atoms. The second-order valence-electron chi connectivity index (χ2n) is 18.7. The van der Waals surface area contributed by atoms with Crippen LogP contribution in [-0.4, -0.2) is 109 Å². The zero-order valence-corrected chi connectivity index (χ0v) is 42.4. The molecule has 8 rings (SSSR count). The van der Waals surface area contributed by atoms with E-state index in [1.165, 1.54) is 44.7 Å². The Morgan fingerprint density at radius 2 is 1.26 bits per heavy atom. The van der Waals surface area contributed by atoms with Crippen molar-refractivity contribution in [1.29, 1.82) is 0 Å². The van der Waals surface area contributed by atoms with Gasteiger partial charge in [-0.25, -0.2) is 0 Å². The monoisotopic (exact) mass is 987 g/mol. The summed E-state index contributed by atoms with van der Waals surface area (Å²) in [7, 11) is 3.17. The Kier molecular flexibility index (Phi) is 18.1. The number of nitrogens with zero attached hydrogens (tertiary/aromatic N) is 3. The average Bonchev–Trinajstić information content (AvgIpc) is 3.37. The number of rotatable bonds is 20. The van der Waals surface area contributed by atoms with Gasteiger partial charge in [-0.1, -0.05) is 30.7 Å². The van der Waals surface area contributed by atoms with Crippen LogP contribution in [0, 0.1) is 13.8 Å². The Hall–Kier alpha value is -6.76. The van der Waals surface area contributed by atoms with Crippen molar-refractivity contribution in [3.63, 3.8) is 0 Å². The molecule has 2 fully saturated rings. The summed E-state index contributed by atoms with van der Waals surface area (Å²) >= 11 is 0. The number of carbonyl (C=O) groups is 2. The number of piperidine rings is 1. The summed E-state index contributed by atoms with van der Waals surface area (Å²) in [4.78, 5) is 35.9. The molecule has 384 valence electrons. The van der Waals surface area contributed by atoms with Crippen LogP contribution in [-0.2, 0) is 18.0 Å². The van der Waals surface area contributed by atoms with Crippen molar-refractivity contribution < 1.29 is 43.5 Å². The number of hydrogen-bond donors (Lipinski definition) is 7. The van der Waals surface area contributed by atoms with Crippen LogP contribution in [0.3, 0.4) is 0 Å². The Bertz CT molecular complexity index is 2860. The number of aliphatic hydroxyl groups is 2. The second-order valence-corrected chi connectivity index (χ2v) is 18.7. The highest BCUT2D eigenvalue weighted by Gasteiger charge is 2.31. The number of aromatic nitrogens is 2. The van der Waals surface area contributed by atoms with E-state index < -0.39 is 11.8 Å². The van der Waals surface area contributed by atoms with E-state index in [2.05, 4.69) is 44.7 Å². The third-order valence-electron chi connectivity index (χ3n) is 13.4. The maximum atomic E-state index is 12.3. The predicted octanol–water partition coefficient (Wildman–Crippen LogP) is 7.95. The molecule has 2 aromatic heterocycles. The summed E-state index contributed by atoms with van der Waals surface area (Å²) in [6.07, 6.45) is 9.62. The predicted molar refractivity (Wildman–Crippen MR) is 281 cm³/mol. The van der Waals surface area contributed by atoms with Gasteiger partial charge in [0, 0.05) is 66.3 Å². The van der Waals surface area contributed by atoms with Gasteiger partial charge in [-0.3, -0.25) is 19.6 Å². The van der Waals surface area contributed by atoms with Crippen molar-refractivity contribution in [3.8, 4) is 23.0 Å². The lowest BCUT2D eigenvalue weighted by molar-refractivity contribution is -0.103. The van der Waals surface area contributed by atoms with E-state index in [4.69, 9.17) is 35.2 Å². The summed E-state index contributed by atoms with van der Waals surface area (Å²) < 4.78 is 29.6. The topological polar surface area (TPSA) is 238 Å². The first-order chi connectivity index (χ1) is 34.8. The normalized spacial score (nSPS) is 16.9. The summed E-state index contributed by atoms with van der Waals surface area (Å²) in [5.74, 6) is 1.07. The molecule has 0 radical (unpaired) electrons. The fourth-order valence-electron chi connectivity index (χ4n) is 9.38. The fourth-order valence-corrected chi connectivity index (χ4v) is 9.38. The van der Waals surface area contributed by atoms with Crippen LogP contribution in [0.15, 0.2) is 73.1 Å². The lowest BCUT2D eigenvalue weighted by Gasteiger charge is -2.38. The van der Waals surface area contributed by atoms with Gasteiger partial charge >= 0.3 is 0 Å². The number of likely N-dealkylation sites (tertiary alicyclic amines) is 1. The van der Waals surface area contributed by atoms with E-state index in [1.807, 2.05) is 68.4 Å². The van der Waals surface area contributed by atoms with Crippen LogP contribution in [0.5, 0.6) is 23.0 Å². The number of aliphatic hydroxyl groups excluding tert-OH is 2. The minimum absolute atomic E-state index is 0.0760. The Labute approximate surface area is 421 Å². The van der Waals surface area contributed by atoms with Gasteiger partial charge in [0.15, 0.2) is 23.0 Å². The molecule has 17 heteroatoms. The number of anilines is 4. The number of primary amides is 2. The van der Waals surface area contributed by atoms with E-state index in [0.29, 0.717) is 69.4 Å². The number of benzene rings is 4. The Morgan fingerprint density at radius 3 is 1.72 bits per heavy atom. The summed E-state index contributed by atoms with van der Waals surface area (Å²) in [6.45, 7) is 14.0. The van der Waals surface area contributed by atoms with Gasteiger partial charge in [0.05, 0.1) is 85.9 Å². The lowest BCUT2D eigenvalue weighted by atomic mass is 9.98. The van der Waals surface area contributed by atoms with E-state index in [1.54, 1.807) is 20.3 Å². The molecule has 4 aromatic carbocycles. The van der Waals surface area contributed by atoms with Gasteiger partial charge in [0.25, 0.3) is 11.8 Å². The van der Waals surface area contributed by atoms with Crippen molar-refractivity contribution in [3.05, 3.63) is 106 Å². The Morgan fingerprint density at radius 1 is 0.764 bits per heavy atom. The molecule has 2 aliphatic rings. The minimum Gasteiger partial charge on any atom is -0.493 e. The zero-order chi connectivity index (χ0) is 51.4. The van der Waals surface area contributed by atoms with Crippen LogP contribution < -0.4 is 46.4 Å². The van der Waals surface area contributed by atoms with Crippen molar-refractivity contribution in [2.24, 2.45) is 11.5 Å². The third kappa shape index (κ3) is 12.8. The summed E-state index contributed by atoms with van der Waals surface area (Å²) in [5.41, 5.74) is 18.9. The van der Waals surface area contributed by atoms with Crippen molar-refractivity contribution in [2.75, 3.05) is 70.8 Å². The average molecular weight is 987 g/mol. The van der Waals surface area contributed by atoms with E-state index in [0.717, 1.165) is 72.5 Å². The number of fused-ring (bicyclic) bond motifs is 2. The molecule has 0 saturated carbocycles. The van der Waals surface area contributed by atoms with Gasteiger partial charge < -0.3 is 66.2 Å². The van der Waals surface area contributed by atoms with Crippen LogP contribution in [0.25, 0.3) is 21.8 Å². The fraction of sp³-hybridized carbons (Fsp3) is 0.418. The molecule has 0 bridgehead atoms. The van der Waals surface area contributed by atoms with Gasteiger partial charge in [-0.2, -0.15) is 0 Å². The number of carbonyl (C=O) groups excluding carboxylic acids is 2. The van der Waals surface area contributed by atoms with E-state index in [9.17, 15) is 19.8 Å². The first-order valence-electron chi connectivity index (χ1n) is 24.7. The Balaban J connectivity index is 0.000000212. The molecule has 17 nitrogen and oxygen atoms in total. The molecule has 6 aromatic rings. The standard InChI is InChI=1S/C28H36N4O5.C27H34N4O4/c1-17-13-30-16-28(3,37-17)9-6-10-36-25-12-23-20(11-24(25)35-4)26(21(14-31-23)27(29)34)32-22-8-5-7-19(15-33)18(22)2;1-18-19(17-32)8-6-9-22(18)30-26-20-14-24(34-2)25(15-23(20)29-16-21(26)27(28)33)35-13-7-12-31-10-4-3-5-11-31/h5,7-8,11-12,14,17,30,33H,6,9-10,13,15-16H2,1-4H3,(H2,29,34)(H,31,32);6,8-9,14-16,32H,3-5,7,10-13,17H2,1-2H3,(H2,28,33)(H,29,30)/t17-,28-;/m1./s1. The highest BCUT2D eigenvalue weighted by Crippen LogP contribution is 2.40. The van der Waals surface area contributed by atoms with E-state index in [-0.39, 0.29) is 36.0 Å². The number of nitrogens with two attached hydrogens (primary N) is 2. The van der Waals surface area contributed by atoms with Crippen molar-refractivity contribution in [2.45, 2.75) is 91.1 Å². The molecule has 2 amide bonds. The molecule has 2 saturated heterocycles. The highest BCUT2D eigenvalue weighted by atomic mass is 16.5. The molecule has 4 heterocycles. The SMILES string of the molecule is COc1cc2c(Nc3cccc(CO)c3C)c(C(N)=O)cnc2cc1OCCCN1CCCCC1.COc1cc2c(Nc3cccc(CO)c3C)c(C(N)=O)cnc2cc1OCCC[C@]1(C)CNC[C@@H](C)O1. The maximum absolute atomic E-state index is 12.3. The van der Waals surface area contributed by atoms with Crippen LogP contribution in [0.4, 0.5) is 22.7 Å². The summed E-state index contributed by atoms with van der Waals surface area (Å²) in [6, 6.07) is 18.4.